The molecule has 0 saturated heterocycles. The van der Waals surface area contributed by atoms with Crippen LogP contribution < -0.4 is 4.90 Å². The normalized spacial score (nSPS) is 13.1. The molecule has 0 atom stereocenters. The van der Waals surface area contributed by atoms with Gasteiger partial charge in [-0.25, -0.2) is 0 Å². The fourth-order valence-corrected chi connectivity index (χ4v) is 11.3. The summed E-state index contributed by atoms with van der Waals surface area (Å²) < 4.78 is 13.2. The molecule has 2 heterocycles. The molecule has 0 bridgehead atoms. The number of hydrogen-bond donors (Lipinski definition) is 0. The van der Waals surface area contributed by atoms with E-state index in [-0.39, 0.29) is 0 Å². The number of hydrogen-bond acceptors (Lipinski definition) is 3. The molecule has 2 aromatic heterocycles. The van der Waals surface area contributed by atoms with Crippen LogP contribution in [0, 0.1) is 0 Å². The zero-order valence-corrected chi connectivity index (χ0v) is 34.6. The molecular formula is C61H37NO2. The molecule has 1 spiro atoms. The zero-order chi connectivity index (χ0) is 41.9. The third-order valence-electron chi connectivity index (χ3n) is 13.9. The summed E-state index contributed by atoms with van der Waals surface area (Å²) in [4.78, 5) is 2.44. The van der Waals surface area contributed by atoms with Crippen LogP contribution in [0.5, 0.6) is 0 Å². The lowest BCUT2D eigenvalue weighted by atomic mass is 9.70. The highest BCUT2D eigenvalue weighted by molar-refractivity contribution is 6.17. The third-order valence-corrected chi connectivity index (χ3v) is 13.9. The average molecular weight is 816 g/mol. The first-order valence-corrected chi connectivity index (χ1v) is 22.0. The second-order valence-electron chi connectivity index (χ2n) is 17.1. The Hall–Kier alpha value is -8.40. The number of fused-ring (bicyclic) bond motifs is 16. The SMILES string of the molecule is c1ccc(-c2ccc(N(c3ccc(-c4cccc5oc6ccccc6c45)cc3)c3ccc4c(c3)C3(c5ccccc5-c5ccccc53)c3ccccc3-4)c3c2oc2ccccc23)cc1. The monoisotopic (exact) mass is 815 g/mol. The fourth-order valence-electron chi connectivity index (χ4n) is 11.3. The summed E-state index contributed by atoms with van der Waals surface area (Å²) in [5, 5.41) is 4.40. The second kappa shape index (κ2) is 13.3. The van der Waals surface area contributed by atoms with Crippen LogP contribution in [0.2, 0.25) is 0 Å². The van der Waals surface area contributed by atoms with Gasteiger partial charge in [-0.2, -0.15) is 0 Å². The van der Waals surface area contributed by atoms with Crippen LogP contribution in [-0.4, -0.2) is 0 Å². The molecule has 14 rings (SSSR count). The Morgan fingerprint density at radius 1 is 0.312 bits per heavy atom. The van der Waals surface area contributed by atoms with Gasteiger partial charge in [0.25, 0.3) is 0 Å². The van der Waals surface area contributed by atoms with E-state index in [4.69, 9.17) is 8.83 Å². The van der Waals surface area contributed by atoms with Crippen molar-refractivity contribution < 1.29 is 8.83 Å². The highest BCUT2D eigenvalue weighted by atomic mass is 16.3. The number of nitrogens with zero attached hydrogens (tertiary/aromatic N) is 1. The Morgan fingerprint density at radius 3 is 1.50 bits per heavy atom. The van der Waals surface area contributed by atoms with Gasteiger partial charge >= 0.3 is 0 Å². The number of furan rings is 2. The maximum Gasteiger partial charge on any atom is 0.145 e. The Labute approximate surface area is 369 Å². The first-order valence-electron chi connectivity index (χ1n) is 22.0. The topological polar surface area (TPSA) is 29.5 Å². The van der Waals surface area contributed by atoms with Crippen LogP contribution in [0.1, 0.15) is 22.3 Å². The van der Waals surface area contributed by atoms with Gasteiger partial charge in [0.05, 0.1) is 16.5 Å². The van der Waals surface area contributed by atoms with Crippen molar-refractivity contribution in [1.29, 1.82) is 0 Å². The molecule has 12 aromatic rings. The summed E-state index contributed by atoms with van der Waals surface area (Å²) in [6.07, 6.45) is 0. The minimum Gasteiger partial charge on any atom is -0.456 e. The summed E-state index contributed by atoms with van der Waals surface area (Å²) in [7, 11) is 0. The Kier molecular flexibility index (Phi) is 7.32. The molecule has 2 aliphatic carbocycles. The van der Waals surface area contributed by atoms with Gasteiger partial charge in [-0.3, -0.25) is 0 Å². The standard InChI is InChI=1S/C61H37NO2/c1-2-15-38(16-3-1)43-35-36-54(59-49-21-8-13-27-56(49)64-60(43)59)62(40-31-29-39(30-32-40)42-22-14-28-57-58(42)48-20-7-12-26-55(48)63-57)41-33-34-47-46-19-6-11-25-52(46)61(53(47)37-41)50-23-9-4-17-44(50)45-18-5-10-24-51(45)61/h1-37H. The highest BCUT2D eigenvalue weighted by Gasteiger charge is 2.51. The molecule has 2 aliphatic rings. The van der Waals surface area contributed by atoms with Gasteiger partial charge in [-0.05, 0) is 116 Å². The molecular weight excluding hydrogens is 779 g/mol. The van der Waals surface area contributed by atoms with E-state index in [1.807, 2.05) is 12.1 Å². The van der Waals surface area contributed by atoms with Gasteiger partial charge in [0.1, 0.15) is 22.3 Å². The molecule has 3 heteroatoms. The van der Waals surface area contributed by atoms with Crippen molar-refractivity contribution in [3.63, 3.8) is 0 Å². The van der Waals surface area contributed by atoms with E-state index < -0.39 is 5.41 Å². The lowest BCUT2D eigenvalue weighted by molar-refractivity contribution is 0.669. The van der Waals surface area contributed by atoms with Crippen LogP contribution in [0.25, 0.3) is 88.4 Å². The molecule has 0 saturated carbocycles. The summed E-state index contributed by atoms with van der Waals surface area (Å²) in [5.74, 6) is 0. The molecule has 0 radical (unpaired) electrons. The van der Waals surface area contributed by atoms with Crippen LogP contribution in [0.4, 0.5) is 17.1 Å². The van der Waals surface area contributed by atoms with E-state index in [0.717, 1.165) is 83.2 Å². The van der Waals surface area contributed by atoms with Crippen LogP contribution in [0.15, 0.2) is 233 Å². The van der Waals surface area contributed by atoms with Crippen molar-refractivity contribution in [3.8, 4) is 44.5 Å². The smallest absolute Gasteiger partial charge is 0.145 e. The van der Waals surface area contributed by atoms with Gasteiger partial charge in [-0.15, -0.1) is 0 Å². The molecule has 64 heavy (non-hydrogen) atoms. The van der Waals surface area contributed by atoms with Crippen molar-refractivity contribution in [2.75, 3.05) is 4.90 Å². The Balaban J connectivity index is 1.04. The van der Waals surface area contributed by atoms with Gasteiger partial charge in [-0.1, -0.05) is 170 Å². The highest BCUT2D eigenvalue weighted by Crippen LogP contribution is 2.63. The lowest BCUT2D eigenvalue weighted by Crippen LogP contribution is -2.26. The summed E-state index contributed by atoms with van der Waals surface area (Å²) in [6, 6.07) is 81.5. The largest absolute Gasteiger partial charge is 0.456 e. The van der Waals surface area contributed by atoms with Crippen molar-refractivity contribution in [2.45, 2.75) is 5.41 Å². The van der Waals surface area contributed by atoms with Crippen molar-refractivity contribution in [1.82, 2.24) is 0 Å². The first kappa shape index (κ1) is 35.2. The van der Waals surface area contributed by atoms with Gasteiger partial charge in [0, 0.05) is 33.1 Å². The molecule has 298 valence electrons. The molecule has 3 nitrogen and oxygen atoms in total. The van der Waals surface area contributed by atoms with Crippen LogP contribution in [-0.2, 0) is 5.41 Å². The average Bonchev–Trinajstić information content (AvgIpc) is 4.10. The fraction of sp³-hybridized carbons (Fsp3) is 0.0164. The van der Waals surface area contributed by atoms with E-state index in [0.29, 0.717) is 0 Å². The maximum atomic E-state index is 6.88. The maximum absolute atomic E-state index is 6.88. The number of benzene rings is 10. The van der Waals surface area contributed by atoms with E-state index in [1.165, 1.54) is 44.5 Å². The predicted octanol–water partition coefficient (Wildman–Crippen LogP) is 16.6. The zero-order valence-electron chi connectivity index (χ0n) is 34.6. The second-order valence-corrected chi connectivity index (χ2v) is 17.1. The molecule has 0 N–H and O–H groups in total. The number of anilines is 3. The molecule has 0 fully saturated rings. The molecule has 0 unspecified atom stereocenters. The van der Waals surface area contributed by atoms with Crippen molar-refractivity contribution in [2.24, 2.45) is 0 Å². The Morgan fingerprint density at radius 2 is 0.812 bits per heavy atom. The number of rotatable bonds is 5. The molecule has 0 amide bonds. The molecule has 10 aromatic carbocycles. The van der Waals surface area contributed by atoms with E-state index in [1.54, 1.807) is 0 Å². The van der Waals surface area contributed by atoms with Crippen LogP contribution in [0.3, 0.4) is 0 Å². The minimum atomic E-state index is -0.481. The predicted molar refractivity (Wildman–Crippen MR) is 263 cm³/mol. The summed E-state index contributed by atoms with van der Waals surface area (Å²) in [5.41, 5.74) is 21.1. The lowest BCUT2D eigenvalue weighted by Gasteiger charge is -2.32. The summed E-state index contributed by atoms with van der Waals surface area (Å²) in [6.45, 7) is 0. The minimum absolute atomic E-state index is 0.481. The van der Waals surface area contributed by atoms with Gasteiger partial charge < -0.3 is 13.7 Å². The Bertz CT molecular complexity index is 3790. The third kappa shape index (κ3) is 4.76. The van der Waals surface area contributed by atoms with Gasteiger partial charge in [0.15, 0.2) is 0 Å². The van der Waals surface area contributed by atoms with Crippen molar-refractivity contribution in [3.05, 3.63) is 247 Å². The quantitative estimate of drug-likeness (QED) is 0.173. The van der Waals surface area contributed by atoms with E-state index in [9.17, 15) is 0 Å². The van der Waals surface area contributed by atoms with Gasteiger partial charge in [0.2, 0.25) is 0 Å². The van der Waals surface area contributed by atoms with E-state index in [2.05, 4.69) is 217 Å². The first-order chi connectivity index (χ1) is 31.8. The van der Waals surface area contributed by atoms with Crippen molar-refractivity contribution >= 4 is 60.9 Å². The van der Waals surface area contributed by atoms with Crippen LogP contribution >= 0.6 is 0 Å². The molecule has 0 aliphatic heterocycles. The number of para-hydroxylation sites is 2. The summed E-state index contributed by atoms with van der Waals surface area (Å²) >= 11 is 0. The van der Waals surface area contributed by atoms with E-state index >= 15 is 0 Å².